The van der Waals surface area contributed by atoms with Crippen molar-refractivity contribution < 1.29 is 28.6 Å². The first-order chi connectivity index (χ1) is 12.4. The summed E-state index contributed by atoms with van der Waals surface area (Å²) in [5.74, 6) is -1.07. The number of imide groups is 1. The zero-order valence-corrected chi connectivity index (χ0v) is 14.2. The van der Waals surface area contributed by atoms with Gasteiger partial charge in [-0.25, -0.2) is 9.59 Å². The highest BCUT2D eigenvalue weighted by molar-refractivity contribution is 6.32. The number of phenols is 1. The molecular formula is C17H13ClN2O6. The third-order valence-electron chi connectivity index (χ3n) is 3.61. The number of urea groups is 1. The van der Waals surface area contributed by atoms with Crippen LogP contribution in [-0.2, 0) is 16.1 Å². The molecule has 1 aliphatic rings. The normalized spacial score (nSPS) is 15.5. The molecule has 1 aromatic heterocycles. The van der Waals surface area contributed by atoms with E-state index in [1.807, 2.05) is 0 Å². The van der Waals surface area contributed by atoms with Gasteiger partial charge in [-0.15, -0.1) is 0 Å². The summed E-state index contributed by atoms with van der Waals surface area (Å²) in [6.07, 6.45) is 1.44. The second-order valence-corrected chi connectivity index (χ2v) is 5.76. The lowest BCUT2D eigenvalue weighted by atomic mass is 10.2. The zero-order valence-electron chi connectivity index (χ0n) is 13.5. The Kier molecular flexibility index (Phi) is 4.68. The SMILES string of the molecule is COC(=O)c1ccc(CN2C(=O)N/C(=C\c3ccc(O)c(Cl)c3)C2=O)o1. The Morgan fingerprint density at radius 2 is 2.12 bits per heavy atom. The summed E-state index contributed by atoms with van der Waals surface area (Å²) in [4.78, 5) is 36.8. The highest BCUT2D eigenvalue weighted by Crippen LogP contribution is 2.25. The smallest absolute Gasteiger partial charge is 0.373 e. The first-order valence-corrected chi connectivity index (χ1v) is 7.77. The van der Waals surface area contributed by atoms with Crippen LogP contribution in [0.25, 0.3) is 6.08 Å². The van der Waals surface area contributed by atoms with Crippen LogP contribution in [0, 0.1) is 0 Å². The fourth-order valence-corrected chi connectivity index (χ4v) is 2.51. The Morgan fingerprint density at radius 1 is 1.35 bits per heavy atom. The van der Waals surface area contributed by atoms with E-state index in [9.17, 15) is 19.5 Å². The molecule has 0 bridgehead atoms. The second-order valence-electron chi connectivity index (χ2n) is 5.35. The Bertz CT molecular complexity index is 933. The predicted molar refractivity (Wildman–Crippen MR) is 90.2 cm³/mol. The number of carbonyl (C=O) groups is 3. The number of esters is 1. The number of methoxy groups -OCH3 is 1. The number of benzene rings is 1. The summed E-state index contributed by atoms with van der Waals surface area (Å²) in [6, 6.07) is 6.64. The summed E-state index contributed by atoms with van der Waals surface area (Å²) in [5.41, 5.74) is 0.584. The maximum Gasteiger partial charge on any atom is 0.373 e. The summed E-state index contributed by atoms with van der Waals surface area (Å²) in [6.45, 7) is -0.144. The Balaban J connectivity index is 1.78. The molecule has 8 nitrogen and oxygen atoms in total. The Labute approximate surface area is 152 Å². The number of ether oxygens (including phenoxy) is 1. The van der Waals surface area contributed by atoms with Gasteiger partial charge in [0.2, 0.25) is 5.76 Å². The third-order valence-corrected chi connectivity index (χ3v) is 3.91. The van der Waals surface area contributed by atoms with Gasteiger partial charge in [-0.2, -0.15) is 0 Å². The summed E-state index contributed by atoms with van der Waals surface area (Å²) < 4.78 is 9.80. The number of carbonyl (C=O) groups excluding carboxylic acids is 3. The first kappa shape index (κ1) is 17.6. The molecule has 2 N–H and O–H groups in total. The van der Waals surface area contributed by atoms with Gasteiger partial charge in [0.15, 0.2) is 0 Å². The summed E-state index contributed by atoms with van der Waals surface area (Å²) in [5, 5.41) is 12.0. The molecule has 134 valence electrons. The minimum absolute atomic E-state index is 0.0240. The minimum Gasteiger partial charge on any atom is -0.506 e. The van der Waals surface area contributed by atoms with Crippen LogP contribution < -0.4 is 5.32 Å². The first-order valence-electron chi connectivity index (χ1n) is 7.39. The van der Waals surface area contributed by atoms with Crippen LogP contribution in [0.4, 0.5) is 4.79 Å². The van der Waals surface area contributed by atoms with Crippen molar-refractivity contribution in [3.8, 4) is 5.75 Å². The van der Waals surface area contributed by atoms with Gasteiger partial charge < -0.3 is 19.6 Å². The van der Waals surface area contributed by atoms with Crippen LogP contribution in [0.1, 0.15) is 21.9 Å². The monoisotopic (exact) mass is 376 g/mol. The lowest BCUT2D eigenvalue weighted by Crippen LogP contribution is -2.30. The van der Waals surface area contributed by atoms with Gasteiger partial charge in [0.25, 0.3) is 5.91 Å². The van der Waals surface area contributed by atoms with E-state index in [1.165, 1.54) is 37.5 Å². The highest BCUT2D eigenvalue weighted by atomic mass is 35.5. The molecule has 0 unspecified atom stereocenters. The van der Waals surface area contributed by atoms with Crippen molar-refractivity contribution in [1.82, 2.24) is 10.2 Å². The van der Waals surface area contributed by atoms with Crippen molar-refractivity contribution in [1.29, 1.82) is 0 Å². The molecule has 2 aromatic rings. The number of phenolic OH excluding ortho intramolecular Hbond substituents is 1. The van der Waals surface area contributed by atoms with E-state index in [4.69, 9.17) is 16.0 Å². The van der Waals surface area contributed by atoms with Crippen molar-refractivity contribution in [3.05, 3.63) is 58.1 Å². The molecule has 1 aliphatic heterocycles. The highest BCUT2D eigenvalue weighted by Gasteiger charge is 2.34. The Morgan fingerprint density at radius 3 is 2.81 bits per heavy atom. The van der Waals surface area contributed by atoms with Gasteiger partial charge in [-0.1, -0.05) is 17.7 Å². The van der Waals surface area contributed by atoms with Crippen LogP contribution in [0.3, 0.4) is 0 Å². The molecule has 26 heavy (non-hydrogen) atoms. The van der Waals surface area contributed by atoms with Crippen molar-refractivity contribution in [2.75, 3.05) is 7.11 Å². The molecule has 9 heteroatoms. The summed E-state index contributed by atoms with van der Waals surface area (Å²) >= 11 is 5.83. The van der Waals surface area contributed by atoms with Gasteiger partial charge in [0.1, 0.15) is 17.2 Å². The van der Waals surface area contributed by atoms with Crippen molar-refractivity contribution in [2.24, 2.45) is 0 Å². The van der Waals surface area contributed by atoms with Crippen LogP contribution >= 0.6 is 11.6 Å². The van der Waals surface area contributed by atoms with Crippen LogP contribution in [0.15, 0.2) is 40.4 Å². The second kappa shape index (κ2) is 6.93. The van der Waals surface area contributed by atoms with E-state index in [2.05, 4.69) is 10.1 Å². The molecule has 1 saturated heterocycles. The predicted octanol–water partition coefficient (Wildman–Crippen LogP) is 2.52. The molecular weight excluding hydrogens is 364 g/mol. The molecule has 1 aromatic carbocycles. The van der Waals surface area contributed by atoms with E-state index in [0.717, 1.165) is 4.90 Å². The van der Waals surface area contributed by atoms with E-state index in [0.29, 0.717) is 5.56 Å². The number of nitrogens with zero attached hydrogens (tertiary/aromatic N) is 1. The molecule has 3 amide bonds. The standard InChI is InChI=1S/C17H13ClN2O6/c1-25-16(23)14-5-3-10(26-14)8-20-15(22)12(19-17(20)24)7-9-2-4-13(21)11(18)6-9/h2-7,21H,8H2,1H3,(H,19,24)/b12-7-. The molecule has 0 radical (unpaired) electrons. The number of nitrogens with one attached hydrogen (secondary N) is 1. The van der Waals surface area contributed by atoms with Gasteiger partial charge in [-0.05, 0) is 35.9 Å². The van der Waals surface area contributed by atoms with Crippen molar-refractivity contribution >= 4 is 35.6 Å². The van der Waals surface area contributed by atoms with E-state index in [1.54, 1.807) is 6.07 Å². The number of rotatable bonds is 4. The van der Waals surface area contributed by atoms with Crippen LogP contribution in [0.5, 0.6) is 5.75 Å². The molecule has 1 fully saturated rings. The van der Waals surface area contributed by atoms with Crippen molar-refractivity contribution in [3.63, 3.8) is 0 Å². The number of amides is 3. The summed E-state index contributed by atoms with van der Waals surface area (Å²) in [7, 11) is 1.22. The average Bonchev–Trinajstić information content (AvgIpc) is 3.18. The fourth-order valence-electron chi connectivity index (χ4n) is 2.32. The number of furan rings is 1. The van der Waals surface area contributed by atoms with Gasteiger partial charge >= 0.3 is 12.0 Å². The Hall–Kier alpha value is -3.26. The van der Waals surface area contributed by atoms with Crippen molar-refractivity contribution in [2.45, 2.75) is 6.54 Å². The number of hydrogen-bond donors (Lipinski definition) is 2. The molecule has 0 spiro atoms. The maximum atomic E-state index is 12.4. The topological polar surface area (TPSA) is 109 Å². The van der Waals surface area contributed by atoms with Crippen LogP contribution in [0.2, 0.25) is 5.02 Å². The molecule has 0 saturated carbocycles. The quantitative estimate of drug-likeness (QED) is 0.482. The molecule has 3 rings (SSSR count). The number of halogens is 1. The largest absolute Gasteiger partial charge is 0.506 e. The van der Waals surface area contributed by atoms with Gasteiger partial charge in [0.05, 0.1) is 18.7 Å². The van der Waals surface area contributed by atoms with Crippen LogP contribution in [-0.4, -0.2) is 35.0 Å². The minimum atomic E-state index is -0.654. The molecule has 2 heterocycles. The number of aromatic hydroxyl groups is 1. The number of hydrogen-bond acceptors (Lipinski definition) is 6. The average molecular weight is 377 g/mol. The van der Waals surface area contributed by atoms with E-state index in [-0.39, 0.29) is 34.5 Å². The zero-order chi connectivity index (χ0) is 18.8. The maximum absolute atomic E-state index is 12.4. The van der Waals surface area contributed by atoms with E-state index < -0.39 is 17.9 Å². The molecule has 0 atom stereocenters. The van der Waals surface area contributed by atoms with Gasteiger partial charge in [-0.3, -0.25) is 9.69 Å². The third kappa shape index (κ3) is 3.40. The lowest BCUT2D eigenvalue weighted by Gasteiger charge is -2.09. The fraction of sp³-hybridized carbons (Fsp3) is 0.118. The van der Waals surface area contributed by atoms with Gasteiger partial charge in [0, 0.05) is 0 Å². The molecule has 0 aliphatic carbocycles. The van der Waals surface area contributed by atoms with E-state index >= 15 is 0 Å². The lowest BCUT2D eigenvalue weighted by molar-refractivity contribution is -0.123.